The second-order valence-corrected chi connectivity index (χ2v) is 4.86. The molecule has 1 N–H and O–H groups in total. The molecular weight excluding hydrogens is 270 g/mol. The summed E-state index contributed by atoms with van der Waals surface area (Å²) < 4.78 is 10.9. The Labute approximate surface area is 123 Å². The van der Waals surface area contributed by atoms with E-state index in [0.29, 0.717) is 0 Å². The number of hydroxylamine groups is 1. The summed E-state index contributed by atoms with van der Waals surface area (Å²) in [6.45, 7) is 3.59. The summed E-state index contributed by atoms with van der Waals surface area (Å²) in [7, 11) is 2.87. The van der Waals surface area contributed by atoms with Gasteiger partial charge in [0.2, 0.25) is 0 Å². The van der Waals surface area contributed by atoms with Crippen molar-refractivity contribution in [3.63, 3.8) is 0 Å². The monoisotopic (exact) mass is 289 g/mol. The van der Waals surface area contributed by atoms with E-state index >= 15 is 0 Å². The molecule has 0 saturated carbocycles. The molecule has 0 aliphatic heterocycles. The van der Waals surface area contributed by atoms with Crippen LogP contribution in [0.3, 0.4) is 0 Å². The molecule has 1 heterocycles. The first kappa shape index (κ1) is 15.3. The third-order valence-electron chi connectivity index (χ3n) is 3.50. The van der Waals surface area contributed by atoms with Crippen LogP contribution < -0.4 is 5.48 Å². The van der Waals surface area contributed by atoms with Gasteiger partial charge in [0, 0.05) is 12.7 Å². The number of carbonyl (C=O) groups excluding carboxylic acids is 1. The highest BCUT2D eigenvalue weighted by Gasteiger charge is 2.35. The van der Waals surface area contributed by atoms with Crippen LogP contribution in [0, 0.1) is 6.92 Å². The van der Waals surface area contributed by atoms with Crippen molar-refractivity contribution in [2.24, 2.45) is 0 Å². The molecule has 1 amide bonds. The van der Waals surface area contributed by atoms with Gasteiger partial charge in [0.25, 0.3) is 5.91 Å². The predicted octanol–water partition coefficient (Wildman–Crippen LogP) is 2.79. The fourth-order valence-electron chi connectivity index (χ4n) is 2.07. The minimum absolute atomic E-state index is 0.367. The van der Waals surface area contributed by atoms with E-state index in [-0.39, 0.29) is 5.91 Å². The lowest BCUT2D eigenvalue weighted by Gasteiger charge is -2.26. The van der Waals surface area contributed by atoms with Crippen LogP contribution in [0.25, 0.3) is 11.3 Å². The van der Waals surface area contributed by atoms with Gasteiger partial charge in [0.1, 0.15) is 11.5 Å². The van der Waals surface area contributed by atoms with Crippen LogP contribution in [0.2, 0.25) is 0 Å². The molecule has 0 spiro atoms. The average molecular weight is 289 g/mol. The summed E-state index contributed by atoms with van der Waals surface area (Å²) in [5, 5.41) is 0. The van der Waals surface area contributed by atoms with Crippen LogP contribution in [0.4, 0.5) is 0 Å². The van der Waals surface area contributed by atoms with Crippen LogP contribution in [-0.4, -0.2) is 20.1 Å². The van der Waals surface area contributed by atoms with Gasteiger partial charge in [-0.25, -0.2) is 5.48 Å². The molecule has 1 aromatic carbocycles. The van der Waals surface area contributed by atoms with Crippen molar-refractivity contribution >= 4 is 5.91 Å². The second kappa shape index (κ2) is 6.11. The predicted molar refractivity (Wildman–Crippen MR) is 78.4 cm³/mol. The van der Waals surface area contributed by atoms with E-state index in [1.54, 1.807) is 6.92 Å². The first-order valence-electron chi connectivity index (χ1n) is 6.57. The number of amides is 1. The first-order chi connectivity index (χ1) is 10.0. The number of benzene rings is 1. The standard InChI is InChI=1S/C16H19NO4/c1-11-5-10-14(21-11)12-6-8-13(9-7-12)16(2,19-3)15(18)17-20-4/h5-10H,1-4H3,(H,17,18). The zero-order valence-corrected chi connectivity index (χ0v) is 12.6. The normalized spacial score (nSPS) is 13.7. The number of methoxy groups -OCH3 is 1. The summed E-state index contributed by atoms with van der Waals surface area (Å²) in [6, 6.07) is 11.3. The van der Waals surface area contributed by atoms with Crippen molar-refractivity contribution in [3.8, 4) is 11.3 Å². The van der Waals surface area contributed by atoms with Gasteiger partial charge in [-0.15, -0.1) is 0 Å². The van der Waals surface area contributed by atoms with Crippen molar-refractivity contribution in [2.45, 2.75) is 19.4 Å². The number of hydrogen-bond donors (Lipinski definition) is 1. The number of furan rings is 1. The van der Waals surface area contributed by atoms with E-state index < -0.39 is 5.60 Å². The van der Waals surface area contributed by atoms with Gasteiger partial charge in [0.05, 0.1) is 7.11 Å². The summed E-state index contributed by atoms with van der Waals surface area (Å²) in [4.78, 5) is 16.7. The van der Waals surface area contributed by atoms with Crippen molar-refractivity contribution < 1.29 is 18.8 Å². The minimum atomic E-state index is -1.12. The zero-order chi connectivity index (χ0) is 15.5. The molecule has 0 bridgehead atoms. The Morgan fingerprint density at radius 2 is 1.81 bits per heavy atom. The van der Waals surface area contributed by atoms with E-state index in [0.717, 1.165) is 22.6 Å². The van der Waals surface area contributed by atoms with Crippen LogP contribution >= 0.6 is 0 Å². The molecule has 112 valence electrons. The molecular formula is C16H19NO4. The van der Waals surface area contributed by atoms with E-state index in [2.05, 4.69) is 10.3 Å². The molecule has 0 aliphatic rings. The quantitative estimate of drug-likeness (QED) is 0.860. The third-order valence-corrected chi connectivity index (χ3v) is 3.50. The highest BCUT2D eigenvalue weighted by molar-refractivity contribution is 5.85. The van der Waals surface area contributed by atoms with Gasteiger partial charge in [-0.3, -0.25) is 9.63 Å². The van der Waals surface area contributed by atoms with Gasteiger partial charge in [-0.1, -0.05) is 24.3 Å². The second-order valence-electron chi connectivity index (χ2n) is 4.86. The maximum absolute atomic E-state index is 12.1. The Bertz CT molecular complexity index is 617. The zero-order valence-electron chi connectivity index (χ0n) is 12.6. The van der Waals surface area contributed by atoms with Gasteiger partial charge >= 0.3 is 0 Å². The molecule has 0 aliphatic carbocycles. The van der Waals surface area contributed by atoms with Crippen LogP contribution in [0.1, 0.15) is 18.2 Å². The van der Waals surface area contributed by atoms with Crippen molar-refractivity contribution in [3.05, 3.63) is 47.7 Å². The number of rotatable bonds is 5. The molecule has 0 saturated heterocycles. The Hall–Kier alpha value is -2.11. The van der Waals surface area contributed by atoms with Crippen molar-refractivity contribution in [2.75, 3.05) is 14.2 Å². The molecule has 1 unspecified atom stereocenters. The van der Waals surface area contributed by atoms with Crippen molar-refractivity contribution in [1.29, 1.82) is 0 Å². The highest BCUT2D eigenvalue weighted by Crippen LogP contribution is 2.28. The Kier molecular flexibility index (Phi) is 4.45. The Morgan fingerprint density at radius 1 is 1.14 bits per heavy atom. The topological polar surface area (TPSA) is 60.7 Å². The number of carbonyl (C=O) groups is 1. The van der Waals surface area contributed by atoms with Gasteiger partial charge < -0.3 is 9.15 Å². The summed E-state index contributed by atoms with van der Waals surface area (Å²) in [6.07, 6.45) is 0. The molecule has 5 heteroatoms. The van der Waals surface area contributed by atoms with Crippen LogP contribution in [0.5, 0.6) is 0 Å². The fourth-order valence-corrected chi connectivity index (χ4v) is 2.07. The van der Waals surface area contributed by atoms with Gasteiger partial charge in [-0.05, 0) is 31.5 Å². The molecule has 2 rings (SSSR count). The summed E-state index contributed by atoms with van der Waals surface area (Å²) >= 11 is 0. The number of nitrogens with one attached hydrogen (secondary N) is 1. The van der Waals surface area contributed by atoms with Crippen LogP contribution in [-0.2, 0) is 20.0 Å². The van der Waals surface area contributed by atoms with Gasteiger partial charge in [-0.2, -0.15) is 0 Å². The van der Waals surface area contributed by atoms with Crippen molar-refractivity contribution in [1.82, 2.24) is 5.48 Å². The molecule has 0 fully saturated rings. The minimum Gasteiger partial charge on any atom is -0.461 e. The number of ether oxygens (including phenoxy) is 1. The average Bonchev–Trinajstić information content (AvgIpc) is 2.93. The first-order valence-corrected chi connectivity index (χ1v) is 6.57. The van der Waals surface area contributed by atoms with E-state index in [4.69, 9.17) is 9.15 Å². The maximum Gasteiger partial charge on any atom is 0.280 e. The Balaban J connectivity index is 2.30. The number of aryl methyl sites for hydroxylation is 1. The molecule has 0 radical (unpaired) electrons. The summed E-state index contributed by atoms with van der Waals surface area (Å²) in [5.41, 5.74) is 2.86. The van der Waals surface area contributed by atoms with E-state index in [1.165, 1.54) is 14.2 Å². The maximum atomic E-state index is 12.1. The van der Waals surface area contributed by atoms with E-state index in [9.17, 15) is 4.79 Å². The molecule has 2 aromatic rings. The molecule has 21 heavy (non-hydrogen) atoms. The lowest BCUT2D eigenvalue weighted by Crippen LogP contribution is -2.43. The SMILES string of the molecule is CONC(=O)C(C)(OC)c1ccc(-c2ccc(C)o2)cc1. The Morgan fingerprint density at radius 3 is 2.29 bits per heavy atom. The number of hydrogen-bond acceptors (Lipinski definition) is 4. The third kappa shape index (κ3) is 2.99. The lowest BCUT2D eigenvalue weighted by molar-refractivity contribution is -0.153. The van der Waals surface area contributed by atoms with E-state index in [1.807, 2.05) is 43.3 Å². The lowest BCUT2D eigenvalue weighted by atomic mass is 9.94. The summed E-state index contributed by atoms with van der Waals surface area (Å²) in [5.74, 6) is 1.28. The fraction of sp³-hybridized carbons (Fsp3) is 0.312. The molecule has 5 nitrogen and oxygen atoms in total. The van der Waals surface area contributed by atoms with Crippen LogP contribution in [0.15, 0.2) is 40.8 Å². The molecule has 1 aromatic heterocycles. The highest BCUT2D eigenvalue weighted by atomic mass is 16.6. The smallest absolute Gasteiger partial charge is 0.280 e. The largest absolute Gasteiger partial charge is 0.461 e. The van der Waals surface area contributed by atoms with Gasteiger partial charge in [0.15, 0.2) is 5.60 Å². The molecule has 1 atom stereocenters.